The molecule has 12 heavy (non-hydrogen) atoms. The summed E-state index contributed by atoms with van der Waals surface area (Å²) >= 11 is 0. The maximum Gasteiger partial charge on any atom is 0.0158 e. The fourth-order valence-corrected chi connectivity index (χ4v) is 2.13. The molecule has 3 atom stereocenters. The molecule has 0 bridgehead atoms. The summed E-state index contributed by atoms with van der Waals surface area (Å²) in [5, 5.41) is 0. The van der Waals surface area contributed by atoms with Gasteiger partial charge in [-0.1, -0.05) is 12.2 Å². The van der Waals surface area contributed by atoms with E-state index in [1.54, 1.807) is 0 Å². The van der Waals surface area contributed by atoms with Crippen LogP contribution in [0.3, 0.4) is 0 Å². The van der Waals surface area contributed by atoms with Crippen LogP contribution < -0.4 is 0 Å². The van der Waals surface area contributed by atoms with Crippen LogP contribution in [0.4, 0.5) is 0 Å². The zero-order valence-electron chi connectivity index (χ0n) is 8.16. The number of hydrogen-bond donors (Lipinski definition) is 0. The molecule has 1 aliphatic rings. The fraction of sp³-hybridized carbons (Fsp3) is 0.636. The smallest absolute Gasteiger partial charge is 0.0158 e. The highest BCUT2D eigenvalue weighted by Gasteiger charge is 2.31. The second-order valence-corrected chi connectivity index (χ2v) is 3.90. The predicted octanol–water partition coefficient (Wildman–Crippen LogP) is 2.31. The monoisotopic (exact) mass is 165 g/mol. The molecule has 1 aliphatic carbocycles. The molecule has 0 radical (unpaired) electrons. The van der Waals surface area contributed by atoms with Gasteiger partial charge >= 0.3 is 0 Å². The van der Waals surface area contributed by atoms with E-state index in [4.69, 9.17) is 0 Å². The third kappa shape index (κ3) is 1.78. The van der Waals surface area contributed by atoms with Gasteiger partial charge in [0.15, 0.2) is 0 Å². The lowest BCUT2D eigenvalue weighted by molar-refractivity contribution is 0.262. The first-order valence-electron chi connectivity index (χ1n) is 4.60. The highest BCUT2D eigenvalue weighted by Crippen LogP contribution is 2.34. The summed E-state index contributed by atoms with van der Waals surface area (Å²) in [5.74, 6) is 1.35. The molecule has 68 valence electrons. The van der Waals surface area contributed by atoms with Crippen molar-refractivity contribution >= 4 is 0 Å². The first-order chi connectivity index (χ1) is 5.69. The average molecular weight is 165 g/mol. The molecule has 1 rings (SSSR count). The Morgan fingerprint density at radius 2 is 1.83 bits per heavy atom. The fourth-order valence-electron chi connectivity index (χ4n) is 2.13. The van der Waals surface area contributed by atoms with Crippen molar-refractivity contribution < 1.29 is 0 Å². The van der Waals surface area contributed by atoms with Crippen molar-refractivity contribution in [3.63, 3.8) is 0 Å². The Kier molecular flexibility index (Phi) is 3.10. The summed E-state index contributed by atoms with van der Waals surface area (Å²) in [5.41, 5.74) is 0. The van der Waals surface area contributed by atoms with E-state index in [1.807, 2.05) is 0 Å². The lowest BCUT2D eigenvalue weighted by atomic mass is 10.0. The van der Waals surface area contributed by atoms with Gasteiger partial charge < -0.3 is 4.90 Å². The van der Waals surface area contributed by atoms with Gasteiger partial charge in [0.25, 0.3) is 0 Å². The average Bonchev–Trinajstić information content (AvgIpc) is 2.47. The molecule has 0 amide bonds. The Hall–Kier alpha value is -0.560. The van der Waals surface area contributed by atoms with Crippen molar-refractivity contribution in [2.24, 2.45) is 11.8 Å². The molecule has 0 N–H and O–H groups in total. The molecule has 1 fully saturated rings. The number of allylic oxidation sites excluding steroid dienone is 1. The van der Waals surface area contributed by atoms with Gasteiger partial charge in [-0.05, 0) is 38.8 Å². The molecule has 0 aromatic rings. The van der Waals surface area contributed by atoms with Gasteiger partial charge in [0, 0.05) is 6.04 Å². The minimum absolute atomic E-state index is 0.656. The summed E-state index contributed by atoms with van der Waals surface area (Å²) in [6.45, 7) is 7.74. The van der Waals surface area contributed by atoms with E-state index < -0.39 is 0 Å². The van der Waals surface area contributed by atoms with Crippen LogP contribution in [0.2, 0.25) is 0 Å². The van der Waals surface area contributed by atoms with Crippen molar-refractivity contribution in [2.75, 3.05) is 14.1 Å². The molecule has 0 saturated heterocycles. The minimum atomic E-state index is 0.656. The van der Waals surface area contributed by atoms with Crippen LogP contribution in [0, 0.1) is 11.8 Å². The summed E-state index contributed by atoms with van der Waals surface area (Å²) < 4.78 is 0. The Labute approximate surface area is 75.8 Å². The van der Waals surface area contributed by atoms with E-state index in [1.165, 1.54) is 12.8 Å². The van der Waals surface area contributed by atoms with Gasteiger partial charge in [0.1, 0.15) is 0 Å². The van der Waals surface area contributed by atoms with Gasteiger partial charge in [-0.2, -0.15) is 0 Å². The van der Waals surface area contributed by atoms with E-state index in [2.05, 4.69) is 44.3 Å². The summed E-state index contributed by atoms with van der Waals surface area (Å²) in [7, 11) is 4.29. The van der Waals surface area contributed by atoms with Gasteiger partial charge in [0.05, 0.1) is 0 Å². The molecule has 1 nitrogen and oxygen atoms in total. The van der Waals surface area contributed by atoms with Gasteiger partial charge in [-0.15, -0.1) is 13.2 Å². The maximum absolute atomic E-state index is 3.88. The molecule has 1 heteroatoms. The first-order valence-corrected chi connectivity index (χ1v) is 4.60. The van der Waals surface area contributed by atoms with E-state index in [-0.39, 0.29) is 0 Å². The van der Waals surface area contributed by atoms with Crippen molar-refractivity contribution in [1.82, 2.24) is 4.90 Å². The van der Waals surface area contributed by atoms with E-state index in [0.717, 1.165) is 0 Å². The number of hydrogen-bond acceptors (Lipinski definition) is 1. The maximum atomic E-state index is 3.88. The van der Waals surface area contributed by atoms with Crippen LogP contribution in [0.5, 0.6) is 0 Å². The molecular formula is C11H19N. The lowest BCUT2D eigenvalue weighted by Gasteiger charge is -2.23. The Morgan fingerprint density at radius 3 is 2.17 bits per heavy atom. The van der Waals surface area contributed by atoms with Gasteiger partial charge in [0.2, 0.25) is 0 Å². The standard InChI is InChI=1S/C11H19N/c1-5-9-7-10(6-2)11(8-9)12(3)4/h5-6,9-11H,1-2,7-8H2,3-4H3. The highest BCUT2D eigenvalue weighted by atomic mass is 15.1. The third-order valence-electron chi connectivity index (χ3n) is 2.91. The molecule has 0 spiro atoms. The van der Waals surface area contributed by atoms with Crippen molar-refractivity contribution in [3.05, 3.63) is 25.3 Å². The molecule has 0 aromatic carbocycles. The first kappa shape index (κ1) is 9.53. The zero-order chi connectivity index (χ0) is 9.14. The van der Waals surface area contributed by atoms with Gasteiger partial charge in [-0.3, -0.25) is 0 Å². The van der Waals surface area contributed by atoms with Crippen LogP contribution in [0.1, 0.15) is 12.8 Å². The largest absolute Gasteiger partial charge is 0.306 e. The number of nitrogens with zero attached hydrogens (tertiary/aromatic N) is 1. The van der Waals surface area contributed by atoms with Crippen molar-refractivity contribution in [1.29, 1.82) is 0 Å². The van der Waals surface area contributed by atoms with E-state index in [0.29, 0.717) is 17.9 Å². The quantitative estimate of drug-likeness (QED) is 0.580. The highest BCUT2D eigenvalue weighted by molar-refractivity contribution is 5.01. The Balaban J connectivity index is 2.61. The Morgan fingerprint density at radius 1 is 1.17 bits per heavy atom. The number of rotatable bonds is 3. The molecule has 0 aliphatic heterocycles. The van der Waals surface area contributed by atoms with Crippen LogP contribution in [-0.2, 0) is 0 Å². The normalized spacial score (nSPS) is 35.4. The predicted molar refractivity (Wildman–Crippen MR) is 54.1 cm³/mol. The molecule has 3 unspecified atom stereocenters. The van der Waals surface area contributed by atoms with E-state index in [9.17, 15) is 0 Å². The second kappa shape index (κ2) is 3.90. The van der Waals surface area contributed by atoms with Crippen LogP contribution >= 0.6 is 0 Å². The topological polar surface area (TPSA) is 3.24 Å². The molecular weight excluding hydrogens is 146 g/mol. The van der Waals surface area contributed by atoms with Crippen molar-refractivity contribution in [3.8, 4) is 0 Å². The SMILES string of the molecule is C=CC1CC(C=C)C(N(C)C)C1. The van der Waals surface area contributed by atoms with Gasteiger partial charge in [-0.25, -0.2) is 0 Å². The third-order valence-corrected chi connectivity index (χ3v) is 2.91. The van der Waals surface area contributed by atoms with E-state index >= 15 is 0 Å². The van der Waals surface area contributed by atoms with Crippen LogP contribution in [0.25, 0.3) is 0 Å². The lowest BCUT2D eigenvalue weighted by Crippen LogP contribution is -2.30. The Bertz CT molecular complexity index is 172. The van der Waals surface area contributed by atoms with Crippen molar-refractivity contribution in [2.45, 2.75) is 18.9 Å². The molecule has 0 heterocycles. The summed E-state index contributed by atoms with van der Waals surface area (Å²) in [4.78, 5) is 2.30. The molecule has 0 aromatic heterocycles. The second-order valence-electron chi connectivity index (χ2n) is 3.90. The summed E-state index contributed by atoms with van der Waals surface area (Å²) in [6.07, 6.45) is 6.65. The molecule has 1 saturated carbocycles. The van der Waals surface area contributed by atoms with Crippen LogP contribution in [0.15, 0.2) is 25.3 Å². The zero-order valence-corrected chi connectivity index (χ0v) is 8.16. The van der Waals surface area contributed by atoms with Crippen LogP contribution in [-0.4, -0.2) is 25.0 Å². The summed E-state index contributed by atoms with van der Waals surface area (Å²) in [6, 6.07) is 0.672. The minimum Gasteiger partial charge on any atom is -0.306 e.